The molecule has 0 atom stereocenters. The van der Waals surface area contributed by atoms with Crippen molar-refractivity contribution in [1.82, 2.24) is 9.55 Å². The molecule has 25 heavy (non-hydrogen) atoms. The summed E-state index contributed by atoms with van der Waals surface area (Å²) >= 11 is 3.21. The molecular weight excluding hydrogens is 394 g/mol. The van der Waals surface area contributed by atoms with Gasteiger partial charge in [0.25, 0.3) is 5.56 Å². The van der Waals surface area contributed by atoms with E-state index >= 15 is 0 Å². The first-order valence-electron chi connectivity index (χ1n) is 7.83. The number of nitrogens with zero attached hydrogens (tertiary/aromatic N) is 2. The molecule has 0 aliphatic rings. The van der Waals surface area contributed by atoms with Gasteiger partial charge in [0.1, 0.15) is 28.5 Å². The lowest BCUT2D eigenvalue weighted by Gasteiger charge is -2.18. The number of aromatic nitrogens is 2. The summed E-state index contributed by atoms with van der Waals surface area (Å²) in [4.78, 5) is 17.0. The van der Waals surface area contributed by atoms with Crippen LogP contribution in [0.2, 0.25) is 0 Å². The average molecular weight is 413 g/mol. The zero-order chi connectivity index (χ0) is 18.6. The molecule has 0 amide bonds. The number of aryl methyl sites for hydroxylation is 1. The van der Waals surface area contributed by atoms with Crippen LogP contribution < -0.4 is 10.3 Å². The van der Waals surface area contributed by atoms with Gasteiger partial charge in [-0.1, -0.05) is 6.08 Å². The normalized spacial score (nSPS) is 11.0. The van der Waals surface area contributed by atoms with Crippen molar-refractivity contribution in [3.8, 4) is 5.88 Å². The maximum Gasteiger partial charge on any atom is 0.272 e. The first kappa shape index (κ1) is 19.3. The summed E-state index contributed by atoms with van der Waals surface area (Å²) in [7, 11) is 0. The minimum atomic E-state index is -0.710. The molecule has 134 valence electrons. The number of benzene rings is 1. The predicted octanol–water partition coefficient (Wildman–Crippen LogP) is 4.56. The van der Waals surface area contributed by atoms with E-state index in [1.807, 2.05) is 13.8 Å². The van der Waals surface area contributed by atoms with Gasteiger partial charge in [-0.25, -0.2) is 8.78 Å². The van der Waals surface area contributed by atoms with Gasteiger partial charge in [0, 0.05) is 24.1 Å². The molecule has 1 aromatic carbocycles. The Balaban J connectivity index is 2.35. The van der Waals surface area contributed by atoms with Crippen LogP contribution in [0.3, 0.4) is 0 Å². The van der Waals surface area contributed by atoms with Gasteiger partial charge in [0.05, 0.1) is 0 Å². The van der Waals surface area contributed by atoms with Crippen LogP contribution in [0.1, 0.15) is 37.7 Å². The summed E-state index contributed by atoms with van der Waals surface area (Å²) in [5.41, 5.74) is -0.0885. The van der Waals surface area contributed by atoms with Gasteiger partial charge in [0.2, 0.25) is 5.88 Å². The van der Waals surface area contributed by atoms with E-state index in [1.165, 1.54) is 6.07 Å². The number of ether oxygens (including phenoxy) is 1. The predicted molar refractivity (Wildman–Crippen MR) is 95.8 cm³/mol. The van der Waals surface area contributed by atoms with Gasteiger partial charge in [-0.3, -0.25) is 9.36 Å². The van der Waals surface area contributed by atoms with Crippen LogP contribution in [0.15, 0.2) is 40.1 Å². The lowest BCUT2D eigenvalue weighted by atomic mass is 10.2. The highest BCUT2D eigenvalue weighted by Crippen LogP contribution is 2.23. The van der Waals surface area contributed by atoms with Crippen LogP contribution in [0.4, 0.5) is 8.78 Å². The molecule has 0 fully saturated rings. The number of allylic oxidation sites excluding steroid dienone is 1. The molecular formula is C18H19BrF2N2O2. The van der Waals surface area contributed by atoms with Crippen LogP contribution >= 0.6 is 15.9 Å². The lowest BCUT2D eigenvalue weighted by Crippen LogP contribution is -2.28. The van der Waals surface area contributed by atoms with Crippen molar-refractivity contribution in [3.63, 3.8) is 0 Å². The first-order chi connectivity index (χ1) is 11.8. The summed E-state index contributed by atoms with van der Waals surface area (Å²) in [6.07, 6.45) is 2.94. The maximum atomic E-state index is 13.7. The summed E-state index contributed by atoms with van der Waals surface area (Å²) < 4.78 is 34.0. The number of halogens is 3. The Morgan fingerprint density at radius 3 is 2.72 bits per heavy atom. The van der Waals surface area contributed by atoms with E-state index in [2.05, 4.69) is 27.5 Å². The monoisotopic (exact) mass is 412 g/mol. The van der Waals surface area contributed by atoms with Gasteiger partial charge in [-0.05, 0) is 48.3 Å². The average Bonchev–Trinajstić information content (AvgIpc) is 2.55. The highest BCUT2D eigenvalue weighted by molar-refractivity contribution is 9.10. The maximum absolute atomic E-state index is 13.7. The van der Waals surface area contributed by atoms with Gasteiger partial charge in [-0.15, -0.1) is 6.58 Å². The van der Waals surface area contributed by atoms with Gasteiger partial charge < -0.3 is 4.74 Å². The fraction of sp³-hybridized carbons (Fsp3) is 0.333. The van der Waals surface area contributed by atoms with E-state index in [0.717, 1.165) is 12.1 Å². The minimum Gasteiger partial charge on any atom is -0.472 e. The number of hydrogen-bond acceptors (Lipinski definition) is 3. The molecule has 0 aliphatic heterocycles. The molecule has 2 aromatic rings. The summed E-state index contributed by atoms with van der Waals surface area (Å²) in [5.74, 6) is -0.715. The molecule has 4 nitrogen and oxygen atoms in total. The number of rotatable bonds is 7. The van der Waals surface area contributed by atoms with Gasteiger partial charge in [-0.2, -0.15) is 4.98 Å². The lowest BCUT2D eigenvalue weighted by molar-refractivity contribution is 0.281. The minimum absolute atomic E-state index is 0.0697. The van der Waals surface area contributed by atoms with Crippen LogP contribution in [0.5, 0.6) is 5.88 Å². The molecule has 0 aliphatic carbocycles. The second-order valence-electron chi connectivity index (χ2n) is 5.77. The molecule has 0 bridgehead atoms. The summed E-state index contributed by atoms with van der Waals surface area (Å²) in [6.45, 7) is 7.30. The Hall–Kier alpha value is -2.02. The molecule has 1 heterocycles. The molecule has 0 spiro atoms. The molecule has 1 aromatic heterocycles. The Kier molecular flexibility index (Phi) is 6.47. The van der Waals surface area contributed by atoms with Crippen molar-refractivity contribution in [2.45, 2.75) is 39.3 Å². The molecule has 0 N–H and O–H groups in total. The summed E-state index contributed by atoms with van der Waals surface area (Å²) in [5, 5.41) is 0. The quantitative estimate of drug-likeness (QED) is 0.625. The van der Waals surface area contributed by atoms with Crippen LogP contribution in [0, 0.1) is 11.6 Å². The van der Waals surface area contributed by atoms with E-state index in [0.29, 0.717) is 18.7 Å². The third-order valence-corrected chi connectivity index (χ3v) is 4.25. The van der Waals surface area contributed by atoms with E-state index < -0.39 is 11.6 Å². The third kappa shape index (κ3) is 4.54. The van der Waals surface area contributed by atoms with Crippen molar-refractivity contribution in [2.24, 2.45) is 0 Å². The second-order valence-corrected chi connectivity index (χ2v) is 6.56. The van der Waals surface area contributed by atoms with Crippen molar-refractivity contribution < 1.29 is 13.5 Å². The molecule has 7 heteroatoms. The van der Waals surface area contributed by atoms with Gasteiger partial charge in [0.15, 0.2) is 0 Å². The first-order valence-corrected chi connectivity index (χ1v) is 8.63. The van der Waals surface area contributed by atoms with Gasteiger partial charge >= 0.3 is 0 Å². The van der Waals surface area contributed by atoms with E-state index in [9.17, 15) is 13.6 Å². The Labute approximate surface area is 153 Å². The highest BCUT2D eigenvalue weighted by atomic mass is 79.9. The number of hydrogen-bond donors (Lipinski definition) is 0. The Bertz CT molecular complexity index is 835. The van der Waals surface area contributed by atoms with Crippen molar-refractivity contribution in [2.75, 3.05) is 0 Å². The zero-order valence-electron chi connectivity index (χ0n) is 14.1. The third-order valence-electron chi connectivity index (χ3n) is 3.57. The van der Waals surface area contributed by atoms with E-state index in [4.69, 9.17) is 4.74 Å². The molecule has 0 unspecified atom stereocenters. The largest absolute Gasteiger partial charge is 0.472 e. The van der Waals surface area contributed by atoms with Crippen LogP contribution in [-0.4, -0.2) is 9.55 Å². The Morgan fingerprint density at radius 2 is 2.12 bits per heavy atom. The van der Waals surface area contributed by atoms with Crippen LogP contribution in [-0.2, 0) is 13.0 Å². The van der Waals surface area contributed by atoms with E-state index in [1.54, 1.807) is 10.6 Å². The van der Waals surface area contributed by atoms with Crippen molar-refractivity contribution in [1.29, 1.82) is 0 Å². The molecule has 2 rings (SSSR count). The van der Waals surface area contributed by atoms with E-state index in [-0.39, 0.29) is 34.1 Å². The standard InChI is InChI=1S/C18H19BrF2N2O2/c1-4-5-6-15-22-17(16(19)18(24)23(15)11(2)3)25-10-12-7-8-13(20)9-14(12)21/h4,7-9,11H,1,5-6,10H2,2-3H3. The molecule has 0 saturated heterocycles. The highest BCUT2D eigenvalue weighted by Gasteiger charge is 2.18. The fourth-order valence-corrected chi connectivity index (χ4v) is 2.75. The topological polar surface area (TPSA) is 44.1 Å². The van der Waals surface area contributed by atoms with Crippen LogP contribution in [0.25, 0.3) is 0 Å². The second kappa shape index (κ2) is 8.38. The SMILES string of the molecule is C=CCCc1nc(OCc2ccc(F)cc2F)c(Br)c(=O)n1C(C)C. The smallest absolute Gasteiger partial charge is 0.272 e. The molecule has 0 saturated carbocycles. The fourth-order valence-electron chi connectivity index (χ4n) is 2.36. The zero-order valence-corrected chi connectivity index (χ0v) is 15.6. The Morgan fingerprint density at radius 1 is 1.40 bits per heavy atom. The van der Waals surface area contributed by atoms with Crippen molar-refractivity contribution >= 4 is 15.9 Å². The summed E-state index contributed by atoms with van der Waals surface area (Å²) in [6, 6.07) is 3.16. The molecule has 0 radical (unpaired) electrons. The van der Waals surface area contributed by atoms with Crippen molar-refractivity contribution in [3.05, 3.63) is 68.7 Å².